The van der Waals surface area contributed by atoms with E-state index in [0.717, 1.165) is 31.2 Å². The Hall–Kier alpha value is -1.91. The Morgan fingerprint density at radius 2 is 2.00 bits per heavy atom. The van der Waals surface area contributed by atoms with Crippen molar-refractivity contribution in [3.05, 3.63) is 39.9 Å². The van der Waals surface area contributed by atoms with Crippen LogP contribution in [0.3, 0.4) is 0 Å². The maximum absolute atomic E-state index is 11.8. The Balaban J connectivity index is 2.31. The van der Waals surface area contributed by atoms with Gasteiger partial charge in [0.25, 0.3) is 5.69 Å². The number of carbonyl (C=O) groups is 1. The molecule has 0 aromatic heterocycles. The van der Waals surface area contributed by atoms with Crippen molar-refractivity contribution in [1.82, 2.24) is 0 Å². The second-order valence-electron chi connectivity index (χ2n) is 5.18. The summed E-state index contributed by atoms with van der Waals surface area (Å²) < 4.78 is 0. The Morgan fingerprint density at radius 3 is 2.32 bits per heavy atom. The van der Waals surface area contributed by atoms with E-state index < -0.39 is 10.3 Å². The summed E-state index contributed by atoms with van der Waals surface area (Å²) in [4.78, 5) is 22.0. The average molecular weight is 262 g/mol. The molecule has 1 aromatic carbocycles. The summed E-state index contributed by atoms with van der Waals surface area (Å²) >= 11 is 0. The van der Waals surface area contributed by atoms with Gasteiger partial charge in [0.1, 0.15) is 0 Å². The highest BCUT2D eigenvalue weighted by atomic mass is 16.6. The first-order chi connectivity index (χ1) is 9.01. The number of hydrogen-bond acceptors (Lipinski definition) is 3. The van der Waals surface area contributed by atoms with Gasteiger partial charge in [-0.2, -0.15) is 0 Å². The number of nitro groups is 1. The summed E-state index contributed by atoms with van der Waals surface area (Å²) in [6.07, 6.45) is 3.46. The topological polar surface area (TPSA) is 86.2 Å². The number of hydrogen-bond donors (Lipinski definition) is 1. The number of amides is 1. The number of carbonyl (C=O) groups excluding carboxylic acids is 1. The van der Waals surface area contributed by atoms with Crippen molar-refractivity contribution in [3.63, 3.8) is 0 Å². The van der Waals surface area contributed by atoms with Gasteiger partial charge in [0.05, 0.1) is 10.3 Å². The van der Waals surface area contributed by atoms with Crippen molar-refractivity contribution in [2.45, 2.75) is 38.5 Å². The van der Waals surface area contributed by atoms with E-state index >= 15 is 0 Å². The van der Waals surface area contributed by atoms with Gasteiger partial charge in [-0.15, -0.1) is 0 Å². The highest BCUT2D eigenvalue weighted by molar-refractivity contribution is 5.83. The molecule has 0 heterocycles. The minimum Gasteiger partial charge on any atom is -0.369 e. The van der Waals surface area contributed by atoms with Gasteiger partial charge in [0.2, 0.25) is 5.91 Å². The van der Waals surface area contributed by atoms with Crippen molar-refractivity contribution in [2.75, 3.05) is 0 Å². The molecule has 0 spiro atoms. The third kappa shape index (κ3) is 2.20. The fourth-order valence-electron chi connectivity index (χ4n) is 3.10. The van der Waals surface area contributed by atoms with Crippen LogP contribution in [0.4, 0.5) is 5.69 Å². The zero-order valence-corrected chi connectivity index (χ0v) is 11.0. The molecule has 0 saturated heterocycles. The molecular weight excluding hydrogens is 244 g/mol. The standard InChI is InChI=1S/C14H18N2O3/c1-2-12(14(13(15)17)8-3-9-14)10-4-6-11(7-5-10)16(18)19/h4-7,12H,2-3,8-9H2,1H3,(H2,15,17). The van der Waals surface area contributed by atoms with Gasteiger partial charge in [-0.1, -0.05) is 25.5 Å². The lowest BCUT2D eigenvalue weighted by Crippen LogP contribution is -2.47. The molecule has 0 bridgehead atoms. The number of nitro benzene ring substituents is 1. The van der Waals surface area contributed by atoms with Gasteiger partial charge in [0, 0.05) is 12.1 Å². The molecule has 0 aliphatic heterocycles. The third-order valence-corrected chi connectivity index (χ3v) is 4.32. The fourth-order valence-corrected chi connectivity index (χ4v) is 3.10. The maximum Gasteiger partial charge on any atom is 0.269 e. The van der Waals surface area contributed by atoms with Gasteiger partial charge in [-0.3, -0.25) is 14.9 Å². The van der Waals surface area contributed by atoms with E-state index in [4.69, 9.17) is 5.73 Å². The van der Waals surface area contributed by atoms with Crippen LogP contribution in [-0.2, 0) is 4.79 Å². The minimum absolute atomic E-state index is 0.0551. The Morgan fingerprint density at radius 1 is 1.42 bits per heavy atom. The lowest BCUT2D eigenvalue weighted by molar-refractivity contribution is -0.384. The van der Waals surface area contributed by atoms with Gasteiger partial charge in [0.15, 0.2) is 0 Å². The summed E-state index contributed by atoms with van der Waals surface area (Å²) in [6.45, 7) is 2.02. The average Bonchev–Trinajstić information content (AvgIpc) is 2.33. The molecule has 1 saturated carbocycles. The van der Waals surface area contributed by atoms with Crippen molar-refractivity contribution in [3.8, 4) is 0 Å². The summed E-state index contributed by atoms with van der Waals surface area (Å²) in [5, 5.41) is 10.7. The van der Waals surface area contributed by atoms with E-state index in [2.05, 4.69) is 0 Å². The second-order valence-corrected chi connectivity index (χ2v) is 5.18. The lowest BCUT2D eigenvalue weighted by Gasteiger charge is -2.45. The van der Waals surface area contributed by atoms with Crippen LogP contribution in [0.15, 0.2) is 24.3 Å². The number of primary amides is 1. The van der Waals surface area contributed by atoms with E-state index in [-0.39, 0.29) is 17.5 Å². The highest BCUT2D eigenvalue weighted by Gasteiger charge is 2.48. The van der Waals surface area contributed by atoms with Gasteiger partial charge >= 0.3 is 0 Å². The molecule has 1 atom stereocenters. The number of rotatable bonds is 5. The molecule has 102 valence electrons. The van der Waals surface area contributed by atoms with Crippen LogP contribution in [0.2, 0.25) is 0 Å². The lowest BCUT2D eigenvalue weighted by atomic mass is 9.58. The largest absolute Gasteiger partial charge is 0.369 e. The smallest absolute Gasteiger partial charge is 0.269 e. The van der Waals surface area contributed by atoms with E-state index in [1.165, 1.54) is 12.1 Å². The predicted molar refractivity (Wildman–Crippen MR) is 71.6 cm³/mol. The number of benzene rings is 1. The van der Waals surface area contributed by atoms with Crippen LogP contribution < -0.4 is 5.73 Å². The van der Waals surface area contributed by atoms with E-state index in [9.17, 15) is 14.9 Å². The first-order valence-corrected chi connectivity index (χ1v) is 6.55. The molecule has 2 N–H and O–H groups in total. The quantitative estimate of drug-likeness (QED) is 0.653. The molecule has 1 aliphatic rings. The summed E-state index contributed by atoms with van der Waals surface area (Å²) in [5.74, 6) is -0.191. The van der Waals surface area contributed by atoms with Crippen molar-refractivity contribution in [1.29, 1.82) is 0 Å². The number of nitrogens with two attached hydrogens (primary N) is 1. The first-order valence-electron chi connectivity index (χ1n) is 6.55. The third-order valence-electron chi connectivity index (χ3n) is 4.32. The molecule has 1 amide bonds. The van der Waals surface area contributed by atoms with Crippen LogP contribution >= 0.6 is 0 Å². The zero-order valence-electron chi connectivity index (χ0n) is 11.0. The van der Waals surface area contributed by atoms with E-state index in [1.54, 1.807) is 12.1 Å². The fraction of sp³-hybridized carbons (Fsp3) is 0.500. The van der Waals surface area contributed by atoms with Gasteiger partial charge < -0.3 is 5.73 Å². The summed E-state index contributed by atoms with van der Waals surface area (Å²) in [6, 6.07) is 6.47. The highest BCUT2D eigenvalue weighted by Crippen LogP contribution is 2.52. The van der Waals surface area contributed by atoms with E-state index in [1.807, 2.05) is 6.92 Å². The summed E-state index contributed by atoms with van der Waals surface area (Å²) in [5.41, 5.74) is 6.16. The summed E-state index contributed by atoms with van der Waals surface area (Å²) in [7, 11) is 0. The van der Waals surface area contributed by atoms with Crippen molar-refractivity contribution >= 4 is 11.6 Å². The second kappa shape index (κ2) is 4.99. The van der Waals surface area contributed by atoms with Crippen LogP contribution in [-0.4, -0.2) is 10.8 Å². The molecule has 1 aromatic rings. The molecule has 1 fully saturated rings. The first kappa shape index (κ1) is 13.5. The van der Waals surface area contributed by atoms with Crippen molar-refractivity contribution < 1.29 is 9.72 Å². The predicted octanol–water partition coefficient (Wildman–Crippen LogP) is 2.74. The monoisotopic (exact) mass is 262 g/mol. The van der Waals surface area contributed by atoms with Crippen molar-refractivity contribution in [2.24, 2.45) is 11.1 Å². The van der Waals surface area contributed by atoms with E-state index in [0.29, 0.717) is 0 Å². The molecule has 5 nitrogen and oxygen atoms in total. The number of non-ortho nitro benzene ring substituents is 1. The van der Waals surface area contributed by atoms with Gasteiger partial charge in [-0.05, 0) is 30.7 Å². The van der Waals surface area contributed by atoms with Crippen LogP contribution in [0, 0.1) is 15.5 Å². The molecular formula is C14H18N2O3. The van der Waals surface area contributed by atoms with Gasteiger partial charge in [-0.25, -0.2) is 0 Å². The molecule has 1 aliphatic carbocycles. The number of nitrogens with zero attached hydrogens (tertiary/aromatic N) is 1. The molecule has 0 radical (unpaired) electrons. The van der Waals surface area contributed by atoms with Crippen LogP contribution in [0.5, 0.6) is 0 Å². The Labute approximate surface area is 111 Å². The van der Waals surface area contributed by atoms with Crippen LogP contribution in [0.25, 0.3) is 0 Å². The minimum atomic E-state index is -0.453. The molecule has 5 heteroatoms. The van der Waals surface area contributed by atoms with Crippen LogP contribution in [0.1, 0.15) is 44.1 Å². The maximum atomic E-state index is 11.8. The SMILES string of the molecule is CCC(c1ccc([N+](=O)[O-])cc1)C1(C(N)=O)CCC1. The molecule has 2 rings (SSSR count). The molecule has 1 unspecified atom stereocenters. The molecule has 19 heavy (non-hydrogen) atoms. The normalized spacial score (nSPS) is 18.4. The zero-order chi connectivity index (χ0) is 14.0. The Kier molecular flexibility index (Phi) is 3.55. The Bertz CT molecular complexity index is 492.